The van der Waals surface area contributed by atoms with Crippen LogP contribution >= 0.6 is 0 Å². The third-order valence-electron chi connectivity index (χ3n) is 4.35. The van der Waals surface area contributed by atoms with E-state index in [0.717, 1.165) is 25.7 Å². The molecular formula is C21H40O4. The molecule has 0 aromatic heterocycles. The van der Waals surface area contributed by atoms with Gasteiger partial charge in [0.1, 0.15) is 6.10 Å². The van der Waals surface area contributed by atoms with Gasteiger partial charge in [-0.2, -0.15) is 0 Å². The van der Waals surface area contributed by atoms with E-state index in [1.54, 1.807) is 0 Å². The minimum absolute atomic E-state index is 0.327. The van der Waals surface area contributed by atoms with Crippen molar-refractivity contribution in [2.24, 2.45) is 0 Å². The van der Waals surface area contributed by atoms with Crippen LogP contribution in [-0.4, -0.2) is 35.5 Å². The lowest BCUT2D eigenvalue weighted by Crippen LogP contribution is -2.25. The Hall–Kier alpha value is -0.870. The number of hydrogen-bond donors (Lipinski definition) is 2. The third kappa shape index (κ3) is 17.7. The zero-order valence-corrected chi connectivity index (χ0v) is 16.3. The van der Waals surface area contributed by atoms with Gasteiger partial charge in [0.2, 0.25) is 0 Å². The maximum atomic E-state index is 11.4. The monoisotopic (exact) mass is 356 g/mol. The lowest BCUT2D eigenvalue weighted by molar-refractivity contribution is -0.153. The minimum atomic E-state index is -0.772. The molecule has 0 amide bonds. The van der Waals surface area contributed by atoms with Crippen LogP contribution in [0.4, 0.5) is 0 Å². The molecular weight excluding hydrogens is 316 g/mol. The molecule has 0 spiro atoms. The highest BCUT2D eigenvalue weighted by Gasteiger charge is 2.11. The van der Waals surface area contributed by atoms with E-state index >= 15 is 0 Å². The molecule has 0 rings (SSSR count). The van der Waals surface area contributed by atoms with Crippen LogP contribution in [0.25, 0.3) is 0 Å². The average Bonchev–Trinajstić information content (AvgIpc) is 2.62. The molecule has 25 heavy (non-hydrogen) atoms. The molecule has 0 radical (unpaired) electrons. The van der Waals surface area contributed by atoms with Crippen LogP contribution in [0.5, 0.6) is 0 Å². The van der Waals surface area contributed by atoms with Gasteiger partial charge >= 0.3 is 5.97 Å². The van der Waals surface area contributed by atoms with Gasteiger partial charge in [0.05, 0.1) is 13.2 Å². The fourth-order valence-corrected chi connectivity index (χ4v) is 2.72. The van der Waals surface area contributed by atoms with Crippen LogP contribution < -0.4 is 0 Å². The van der Waals surface area contributed by atoms with E-state index in [1.807, 2.05) is 0 Å². The molecule has 0 aliphatic carbocycles. The predicted molar refractivity (Wildman–Crippen MR) is 104 cm³/mol. The summed E-state index contributed by atoms with van der Waals surface area (Å²) < 4.78 is 4.92. The second kappa shape index (κ2) is 19.5. The number of unbranched alkanes of at least 4 members (excludes halogenated alkanes) is 11. The van der Waals surface area contributed by atoms with Crippen LogP contribution in [0.15, 0.2) is 12.2 Å². The first-order valence-electron chi connectivity index (χ1n) is 10.3. The predicted octanol–water partition coefficient (Wildman–Crippen LogP) is 4.92. The van der Waals surface area contributed by atoms with Gasteiger partial charge in [0, 0.05) is 6.42 Å². The molecule has 0 aliphatic heterocycles. The van der Waals surface area contributed by atoms with E-state index in [-0.39, 0.29) is 19.2 Å². The largest absolute Gasteiger partial charge is 0.457 e. The van der Waals surface area contributed by atoms with Gasteiger partial charge in [-0.25, -0.2) is 0 Å². The van der Waals surface area contributed by atoms with Crippen molar-refractivity contribution in [1.29, 1.82) is 0 Å². The zero-order chi connectivity index (χ0) is 18.6. The molecule has 2 N–H and O–H groups in total. The number of aliphatic hydroxyl groups excluding tert-OH is 2. The molecule has 4 nitrogen and oxygen atoms in total. The zero-order valence-electron chi connectivity index (χ0n) is 16.3. The number of ether oxygens (including phenoxy) is 1. The Morgan fingerprint density at radius 1 is 0.800 bits per heavy atom. The highest BCUT2D eigenvalue weighted by molar-refractivity contribution is 5.69. The second-order valence-corrected chi connectivity index (χ2v) is 6.81. The standard InChI is InChI=1S/C21H40O4/c1-2-3-4-5-6-7-8-9-10-11-12-13-14-15-16-17-21(24)25-20(18-22)19-23/h11-12,20,22-23H,2-10,13-19H2,1H3/b12-11+. The number of carbonyl (C=O) groups is 1. The van der Waals surface area contributed by atoms with Crippen LogP contribution in [-0.2, 0) is 9.53 Å². The Balaban J connectivity index is 3.29. The quantitative estimate of drug-likeness (QED) is 0.208. The van der Waals surface area contributed by atoms with Crippen molar-refractivity contribution >= 4 is 5.97 Å². The van der Waals surface area contributed by atoms with Crippen molar-refractivity contribution in [3.63, 3.8) is 0 Å². The Bertz CT molecular complexity index is 311. The van der Waals surface area contributed by atoms with Crippen LogP contribution in [0.3, 0.4) is 0 Å². The van der Waals surface area contributed by atoms with Gasteiger partial charge in [-0.05, 0) is 32.1 Å². The van der Waals surface area contributed by atoms with Gasteiger partial charge in [-0.3, -0.25) is 4.79 Å². The molecule has 0 aromatic rings. The summed E-state index contributed by atoms with van der Waals surface area (Å²) in [5, 5.41) is 17.7. The minimum Gasteiger partial charge on any atom is -0.457 e. The highest BCUT2D eigenvalue weighted by atomic mass is 16.6. The number of carbonyl (C=O) groups excluding carboxylic acids is 1. The van der Waals surface area contributed by atoms with E-state index in [4.69, 9.17) is 14.9 Å². The second-order valence-electron chi connectivity index (χ2n) is 6.81. The van der Waals surface area contributed by atoms with Crippen molar-refractivity contribution in [1.82, 2.24) is 0 Å². The Morgan fingerprint density at radius 3 is 1.80 bits per heavy atom. The van der Waals surface area contributed by atoms with Crippen LogP contribution in [0.1, 0.15) is 96.8 Å². The number of rotatable bonds is 18. The summed E-state index contributed by atoms with van der Waals surface area (Å²) in [5.41, 5.74) is 0. The smallest absolute Gasteiger partial charge is 0.306 e. The first kappa shape index (κ1) is 24.1. The normalized spacial score (nSPS) is 11.5. The molecule has 0 unspecified atom stereocenters. The number of esters is 1. The molecule has 0 saturated carbocycles. The molecule has 0 bridgehead atoms. The molecule has 0 saturated heterocycles. The number of allylic oxidation sites excluding steroid dienone is 2. The summed E-state index contributed by atoms with van der Waals surface area (Å²) in [6.45, 7) is 1.60. The van der Waals surface area contributed by atoms with Gasteiger partial charge < -0.3 is 14.9 Å². The molecule has 0 fully saturated rings. The third-order valence-corrected chi connectivity index (χ3v) is 4.35. The van der Waals surface area contributed by atoms with E-state index in [1.165, 1.54) is 57.8 Å². The number of aliphatic hydroxyl groups is 2. The van der Waals surface area contributed by atoms with Gasteiger partial charge in [0.25, 0.3) is 0 Å². The lowest BCUT2D eigenvalue weighted by atomic mass is 10.1. The van der Waals surface area contributed by atoms with Crippen LogP contribution in [0, 0.1) is 0 Å². The van der Waals surface area contributed by atoms with Gasteiger partial charge in [-0.1, -0.05) is 70.4 Å². The summed E-state index contributed by atoms with van der Waals surface area (Å²) in [7, 11) is 0. The average molecular weight is 357 g/mol. The lowest BCUT2D eigenvalue weighted by Gasteiger charge is -2.12. The van der Waals surface area contributed by atoms with Gasteiger partial charge in [0.15, 0.2) is 0 Å². The first-order chi connectivity index (χ1) is 12.2. The first-order valence-corrected chi connectivity index (χ1v) is 10.3. The maximum absolute atomic E-state index is 11.4. The Kier molecular flexibility index (Phi) is 18.8. The fourth-order valence-electron chi connectivity index (χ4n) is 2.72. The maximum Gasteiger partial charge on any atom is 0.306 e. The molecule has 0 heterocycles. The Morgan fingerprint density at radius 2 is 1.28 bits per heavy atom. The van der Waals surface area contributed by atoms with E-state index in [2.05, 4.69) is 19.1 Å². The molecule has 0 atom stereocenters. The highest BCUT2D eigenvalue weighted by Crippen LogP contribution is 2.10. The molecule has 148 valence electrons. The number of hydrogen-bond acceptors (Lipinski definition) is 4. The topological polar surface area (TPSA) is 66.8 Å². The molecule has 0 aliphatic rings. The summed E-state index contributed by atoms with van der Waals surface area (Å²) >= 11 is 0. The molecule has 0 aromatic carbocycles. The van der Waals surface area contributed by atoms with Crippen molar-refractivity contribution < 1.29 is 19.7 Å². The summed E-state index contributed by atoms with van der Waals surface area (Å²) in [4.78, 5) is 11.4. The summed E-state index contributed by atoms with van der Waals surface area (Å²) in [6, 6.07) is 0. The van der Waals surface area contributed by atoms with Crippen molar-refractivity contribution in [3.05, 3.63) is 12.2 Å². The van der Waals surface area contributed by atoms with Gasteiger partial charge in [-0.15, -0.1) is 0 Å². The van der Waals surface area contributed by atoms with Crippen molar-refractivity contribution in [2.45, 2.75) is 103 Å². The SMILES string of the molecule is CCCCCCCCCC/C=C/CCCCCC(=O)OC(CO)CO. The van der Waals surface area contributed by atoms with Crippen molar-refractivity contribution in [2.75, 3.05) is 13.2 Å². The summed E-state index contributed by atoms with van der Waals surface area (Å²) in [5.74, 6) is -0.335. The van der Waals surface area contributed by atoms with E-state index in [9.17, 15) is 4.79 Å². The van der Waals surface area contributed by atoms with E-state index in [0.29, 0.717) is 6.42 Å². The van der Waals surface area contributed by atoms with Crippen molar-refractivity contribution in [3.8, 4) is 0 Å². The fraction of sp³-hybridized carbons (Fsp3) is 0.857. The molecule has 4 heteroatoms. The van der Waals surface area contributed by atoms with E-state index < -0.39 is 6.10 Å². The van der Waals surface area contributed by atoms with Crippen LogP contribution in [0.2, 0.25) is 0 Å². The summed E-state index contributed by atoms with van der Waals surface area (Å²) in [6.07, 6.45) is 20.2. The Labute approximate surface area is 154 Å².